The Kier molecular flexibility index (Phi) is 4.08. The molecule has 0 spiro atoms. The summed E-state index contributed by atoms with van der Waals surface area (Å²) in [4.78, 5) is 14.7. The van der Waals surface area contributed by atoms with Gasteiger partial charge >= 0.3 is 0 Å². The van der Waals surface area contributed by atoms with Crippen LogP contribution in [0.3, 0.4) is 0 Å². The molecule has 0 bridgehead atoms. The second kappa shape index (κ2) is 6.01. The lowest BCUT2D eigenvalue weighted by atomic mass is 10.0. The topological polar surface area (TPSA) is 40.5 Å². The molecule has 3 nitrogen and oxygen atoms in total. The minimum Gasteiger partial charge on any atom is -0.507 e. The number of para-hydroxylation sites is 1. The van der Waals surface area contributed by atoms with Crippen molar-refractivity contribution >= 4 is 17.5 Å². The van der Waals surface area contributed by atoms with Gasteiger partial charge in [-0.3, -0.25) is 4.79 Å². The van der Waals surface area contributed by atoms with Crippen LogP contribution < -0.4 is 0 Å². The lowest BCUT2D eigenvalue weighted by Crippen LogP contribution is -2.30. The number of likely N-dealkylation sites (tertiary alicyclic amines) is 1. The van der Waals surface area contributed by atoms with Crippen LogP contribution in [0.15, 0.2) is 42.5 Å². The van der Waals surface area contributed by atoms with Crippen molar-refractivity contribution in [1.29, 1.82) is 0 Å². The summed E-state index contributed by atoms with van der Waals surface area (Å²) in [6.07, 6.45) is 1.89. The van der Waals surface area contributed by atoms with Gasteiger partial charge in [-0.2, -0.15) is 0 Å². The van der Waals surface area contributed by atoms with E-state index in [0.29, 0.717) is 22.7 Å². The van der Waals surface area contributed by atoms with Gasteiger partial charge in [0.1, 0.15) is 5.75 Å². The number of rotatable bonds is 2. The van der Waals surface area contributed by atoms with E-state index in [-0.39, 0.29) is 17.7 Å². The van der Waals surface area contributed by atoms with Crippen LogP contribution >= 0.6 is 11.6 Å². The van der Waals surface area contributed by atoms with Crippen LogP contribution in [-0.4, -0.2) is 22.5 Å². The Morgan fingerprint density at radius 3 is 2.68 bits per heavy atom. The van der Waals surface area contributed by atoms with Gasteiger partial charge in [-0.15, -0.1) is 0 Å². The molecule has 1 atom stereocenters. The van der Waals surface area contributed by atoms with Gasteiger partial charge in [0.05, 0.1) is 11.6 Å². The predicted octanol–water partition coefficient (Wildman–Crippen LogP) is 4.33. The van der Waals surface area contributed by atoms with Crippen molar-refractivity contribution in [2.45, 2.75) is 25.8 Å². The molecule has 2 aromatic rings. The highest BCUT2D eigenvalue weighted by Gasteiger charge is 2.31. The minimum atomic E-state index is -0.112. The molecule has 4 heteroatoms. The summed E-state index contributed by atoms with van der Waals surface area (Å²) < 4.78 is 0. The molecule has 114 valence electrons. The highest BCUT2D eigenvalue weighted by Crippen LogP contribution is 2.35. The number of phenols is 1. The van der Waals surface area contributed by atoms with E-state index in [1.807, 2.05) is 29.2 Å². The Hall–Kier alpha value is -2.00. The van der Waals surface area contributed by atoms with Gasteiger partial charge < -0.3 is 10.0 Å². The van der Waals surface area contributed by atoms with Crippen LogP contribution in [0, 0.1) is 6.92 Å². The molecule has 0 saturated carbocycles. The van der Waals surface area contributed by atoms with Crippen molar-refractivity contribution in [2.24, 2.45) is 0 Å². The van der Waals surface area contributed by atoms with E-state index in [1.54, 1.807) is 25.1 Å². The highest BCUT2D eigenvalue weighted by molar-refractivity contribution is 6.30. The van der Waals surface area contributed by atoms with Crippen molar-refractivity contribution in [2.75, 3.05) is 6.54 Å². The summed E-state index contributed by atoms with van der Waals surface area (Å²) in [7, 11) is 0. The molecule has 1 aliphatic heterocycles. The van der Waals surface area contributed by atoms with Crippen molar-refractivity contribution in [3.05, 3.63) is 64.2 Å². The maximum atomic E-state index is 12.8. The van der Waals surface area contributed by atoms with Crippen LogP contribution in [0.5, 0.6) is 5.75 Å². The van der Waals surface area contributed by atoms with E-state index in [1.165, 1.54) is 0 Å². The molecule has 3 rings (SSSR count). The molecule has 22 heavy (non-hydrogen) atoms. The third kappa shape index (κ3) is 2.69. The Morgan fingerprint density at radius 1 is 1.23 bits per heavy atom. The molecule has 1 heterocycles. The maximum Gasteiger partial charge on any atom is 0.258 e. The first kappa shape index (κ1) is 14.9. The van der Waals surface area contributed by atoms with Crippen LogP contribution in [0.4, 0.5) is 0 Å². The second-order valence-electron chi connectivity index (χ2n) is 5.68. The third-order valence-corrected chi connectivity index (χ3v) is 4.49. The van der Waals surface area contributed by atoms with Gasteiger partial charge in [-0.05, 0) is 49.1 Å². The first-order valence-electron chi connectivity index (χ1n) is 7.43. The monoisotopic (exact) mass is 315 g/mol. The number of halogens is 1. The maximum absolute atomic E-state index is 12.8. The molecule has 1 amide bonds. The molecule has 1 aliphatic rings. The number of carbonyl (C=O) groups excluding carboxylic acids is 1. The smallest absolute Gasteiger partial charge is 0.258 e. The minimum absolute atomic E-state index is 0.0460. The number of nitrogens with zero attached hydrogens (tertiary/aromatic N) is 1. The van der Waals surface area contributed by atoms with Gasteiger partial charge in [0.25, 0.3) is 5.91 Å². The predicted molar refractivity (Wildman–Crippen MR) is 87.3 cm³/mol. The molecule has 2 aromatic carbocycles. The molecule has 1 fully saturated rings. The SMILES string of the molecule is Cc1cccc(C(=O)N2CCCC2c2ccc(Cl)cc2)c1O. The van der Waals surface area contributed by atoms with E-state index >= 15 is 0 Å². The number of aromatic hydroxyl groups is 1. The Labute approximate surface area is 135 Å². The number of phenolic OH excluding ortho intramolecular Hbond substituents is 1. The first-order valence-corrected chi connectivity index (χ1v) is 7.81. The summed E-state index contributed by atoms with van der Waals surface area (Å²) >= 11 is 5.94. The van der Waals surface area contributed by atoms with Crippen LogP contribution in [0.1, 0.15) is 40.4 Å². The van der Waals surface area contributed by atoms with Gasteiger partial charge in [0, 0.05) is 11.6 Å². The number of hydrogen-bond acceptors (Lipinski definition) is 2. The zero-order valence-electron chi connectivity index (χ0n) is 12.4. The summed E-state index contributed by atoms with van der Waals surface area (Å²) in [6.45, 7) is 2.51. The number of hydrogen-bond donors (Lipinski definition) is 1. The van der Waals surface area contributed by atoms with E-state index in [0.717, 1.165) is 18.4 Å². The van der Waals surface area contributed by atoms with Gasteiger partial charge in [0.15, 0.2) is 0 Å². The van der Waals surface area contributed by atoms with Crippen molar-refractivity contribution in [3.63, 3.8) is 0 Å². The zero-order chi connectivity index (χ0) is 15.7. The van der Waals surface area contributed by atoms with Crippen LogP contribution in [0.25, 0.3) is 0 Å². The van der Waals surface area contributed by atoms with E-state index in [2.05, 4.69) is 0 Å². The average molecular weight is 316 g/mol. The molecule has 0 aliphatic carbocycles. The van der Waals surface area contributed by atoms with Gasteiger partial charge in [-0.25, -0.2) is 0 Å². The average Bonchev–Trinajstić information content (AvgIpc) is 2.99. The van der Waals surface area contributed by atoms with E-state index in [9.17, 15) is 9.90 Å². The van der Waals surface area contributed by atoms with Crippen molar-refractivity contribution in [1.82, 2.24) is 4.90 Å². The quantitative estimate of drug-likeness (QED) is 0.896. The zero-order valence-corrected chi connectivity index (χ0v) is 13.2. The Balaban J connectivity index is 1.91. The fourth-order valence-electron chi connectivity index (χ4n) is 3.03. The molecular weight excluding hydrogens is 298 g/mol. The number of amides is 1. The lowest BCUT2D eigenvalue weighted by Gasteiger charge is -2.25. The summed E-state index contributed by atoms with van der Waals surface area (Å²) in [5, 5.41) is 10.8. The normalized spacial score (nSPS) is 17.7. The second-order valence-corrected chi connectivity index (χ2v) is 6.12. The third-order valence-electron chi connectivity index (χ3n) is 4.24. The van der Waals surface area contributed by atoms with Gasteiger partial charge in [0.2, 0.25) is 0 Å². The summed E-state index contributed by atoms with van der Waals surface area (Å²) in [6, 6.07) is 13.0. The highest BCUT2D eigenvalue weighted by atomic mass is 35.5. The largest absolute Gasteiger partial charge is 0.507 e. The summed E-state index contributed by atoms with van der Waals surface area (Å²) in [5.74, 6) is -0.0343. The molecule has 1 unspecified atom stereocenters. The molecule has 0 aromatic heterocycles. The summed E-state index contributed by atoms with van der Waals surface area (Å²) in [5.41, 5.74) is 2.18. The van der Waals surface area contributed by atoms with Crippen LogP contribution in [-0.2, 0) is 0 Å². The van der Waals surface area contributed by atoms with Crippen molar-refractivity contribution in [3.8, 4) is 5.75 Å². The lowest BCUT2D eigenvalue weighted by molar-refractivity contribution is 0.0732. The number of benzene rings is 2. The molecule has 0 radical (unpaired) electrons. The standard InChI is InChI=1S/C18H18ClNO2/c1-12-4-2-5-15(17(12)21)18(22)20-11-3-6-16(20)13-7-9-14(19)10-8-13/h2,4-5,7-10,16,21H,3,6,11H2,1H3. The number of aryl methyl sites for hydroxylation is 1. The van der Waals surface area contributed by atoms with E-state index < -0.39 is 0 Å². The van der Waals surface area contributed by atoms with Gasteiger partial charge in [-0.1, -0.05) is 35.9 Å². The van der Waals surface area contributed by atoms with E-state index in [4.69, 9.17) is 11.6 Å². The Morgan fingerprint density at radius 2 is 1.95 bits per heavy atom. The first-order chi connectivity index (χ1) is 10.6. The fraction of sp³-hybridized carbons (Fsp3) is 0.278. The fourth-order valence-corrected chi connectivity index (χ4v) is 3.15. The molecular formula is C18H18ClNO2. The van der Waals surface area contributed by atoms with Crippen molar-refractivity contribution < 1.29 is 9.90 Å². The number of carbonyl (C=O) groups is 1. The molecule has 1 N–H and O–H groups in total. The Bertz CT molecular complexity index is 697. The van der Waals surface area contributed by atoms with Crippen LogP contribution in [0.2, 0.25) is 5.02 Å². The molecule has 1 saturated heterocycles.